The highest BCUT2D eigenvalue weighted by molar-refractivity contribution is 7.15. The SMILES string of the molecule is CC(C)c1cnc(NC(=O)NCc2ccc(Cl)c(Cl)c2)s1. The average Bonchev–Trinajstić information content (AvgIpc) is 2.89. The fourth-order valence-corrected chi connectivity index (χ4v) is 2.72. The van der Waals surface area contributed by atoms with Crippen LogP contribution in [0.4, 0.5) is 9.93 Å². The van der Waals surface area contributed by atoms with Crippen molar-refractivity contribution < 1.29 is 4.79 Å². The Bertz CT molecular complexity index is 643. The Kier molecular flexibility index (Phi) is 5.45. The number of thiazole rings is 1. The lowest BCUT2D eigenvalue weighted by atomic mass is 10.2. The van der Waals surface area contributed by atoms with Gasteiger partial charge in [0.1, 0.15) is 0 Å². The number of nitrogens with zero attached hydrogens (tertiary/aromatic N) is 1. The molecule has 7 heteroatoms. The Labute approximate surface area is 137 Å². The number of nitrogens with one attached hydrogen (secondary N) is 2. The maximum atomic E-state index is 11.8. The molecule has 0 unspecified atom stereocenters. The molecular formula is C14H15Cl2N3OS. The number of urea groups is 1. The zero-order chi connectivity index (χ0) is 15.4. The van der Waals surface area contributed by atoms with Crippen LogP contribution in [-0.2, 0) is 6.54 Å². The highest BCUT2D eigenvalue weighted by Crippen LogP contribution is 2.25. The second-order valence-electron chi connectivity index (χ2n) is 4.78. The van der Waals surface area contributed by atoms with Crippen LogP contribution in [0, 0.1) is 0 Å². The van der Waals surface area contributed by atoms with Gasteiger partial charge in [0.2, 0.25) is 0 Å². The molecule has 0 saturated heterocycles. The number of rotatable bonds is 4. The van der Waals surface area contributed by atoms with Crippen molar-refractivity contribution in [2.45, 2.75) is 26.3 Å². The Hall–Kier alpha value is -1.30. The van der Waals surface area contributed by atoms with Crippen LogP contribution in [-0.4, -0.2) is 11.0 Å². The maximum Gasteiger partial charge on any atom is 0.321 e. The molecule has 0 aliphatic carbocycles. The van der Waals surface area contributed by atoms with Crippen LogP contribution in [0.3, 0.4) is 0 Å². The summed E-state index contributed by atoms with van der Waals surface area (Å²) in [6.45, 7) is 4.54. The number of anilines is 1. The van der Waals surface area contributed by atoms with E-state index < -0.39 is 0 Å². The molecule has 1 aromatic heterocycles. The van der Waals surface area contributed by atoms with Crippen LogP contribution in [0.5, 0.6) is 0 Å². The van der Waals surface area contributed by atoms with Gasteiger partial charge in [-0.25, -0.2) is 9.78 Å². The van der Waals surface area contributed by atoms with Gasteiger partial charge in [-0.2, -0.15) is 0 Å². The summed E-state index contributed by atoms with van der Waals surface area (Å²) in [4.78, 5) is 17.1. The molecule has 1 aromatic carbocycles. The Balaban J connectivity index is 1.88. The number of benzene rings is 1. The molecule has 0 radical (unpaired) electrons. The molecule has 21 heavy (non-hydrogen) atoms. The van der Waals surface area contributed by atoms with Crippen molar-refractivity contribution in [3.63, 3.8) is 0 Å². The molecule has 0 aliphatic heterocycles. The third kappa shape index (κ3) is 4.59. The highest BCUT2D eigenvalue weighted by atomic mass is 35.5. The molecular weight excluding hydrogens is 329 g/mol. The topological polar surface area (TPSA) is 54.0 Å². The third-order valence-electron chi connectivity index (χ3n) is 2.75. The van der Waals surface area contributed by atoms with E-state index in [1.807, 2.05) is 6.07 Å². The summed E-state index contributed by atoms with van der Waals surface area (Å²) in [5.41, 5.74) is 0.876. The summed E-state index contributed by atoms with van der Waals surface area (Å²) in [7, 11) is 0. The monoisotopic (exact) mass is 343 g/mol. The number of carbonyl (C=O) groups is 1. The van der Waals surface area contributed by atoms with Gasteiger partial charge >= 0.3 is 6.03 Å². The van der Waals surface area contributed by atoms with Crippen LogP contribution in [0.2, 0.25) is 10.0 Å². The molecule has 4 nitrogen and oxygen atoms in total. The van der Waals surface area contributed by atoms with Crippen molar-refractivity contribution in [3.05, 3.63) is 44.9 Å². The fourth-order valence-electron chi connectivity index (χ4n) is 1.58. The molecule has 112 valence electrons. The van der Waals surface area contributed by atoms with E-state index in [2.05, 4.69) is 29.5 Å². The van der Waals surface area contributed by atoms with Gasteiger partial charge in [0, 0.05) is 17.6 Å². The summed E-state index contributed by atoms with van der Waals surface area (Å²) in [5.74, 6) is 0.400. The van der Waals surface area contributed by atoms with Crippen molar-refractivity contribution in [1.29, 1.82) is 0 Å². The second kappa shape index (κ2) is 7.11. The molecule has 0 saturated carbocycles. The molecule has 0 aliphatic rings. The zero-order valence-electron chi connectivity index (χ0n) is 11.6. The zero-order valence-corrected chi connectivity index (χ0v) is 13.9. The number of aromatic nitrogens is 1. The lowest BCUT2D eigenvalue weighted by Crippen LogP contribution is -2.28. The summed E-state index contributed by atoms with van der Waals surface area (Å²) in [5, 5.41) is 7.01. The summed E-state index contributed by atoms with van der Waals surface area (Å²) < 4.78 is 0. The van der Waals surface area contributed by atoms with Gasteiger partial charge in [0.05, 0.1) is 10.0 Å². The summed E-state index contributed by atoms with van der Waals surface area (Å²) >= 11 is 13.2. The molecule has 0 atom stereocenters. The Morgan fingerprint density at radius 2 is 2.10 bits per heavy atom. The first kappa shape index (κ1) is 16.1. The van der Waals surface area contributed by atoms with Crippen LogP contribution in [0.15, 0.2) is 24.4 Å². The predicted octanol–water partition coefficient (Wildman–Crippen LogP) is 4.90. The average molecular weight is 344 g/mol. The van der Waals surface area contributed by atoms with Gasteiger partial charge in [-0.3, -0.25) is 5.32 Å². The Morgan fingerprint density at radius 1 is 1.33 bits per heavy atom. The fraction of sp³-hybridized carbons (Fsp3) is 0.286. The first-order chi connectivity index (χ1) is 9.95. The number of carbonyl (C=O) groups excluding carboxylic acids is 1. The number of amides is 2. The normalized spacial score (nSPS) is 10.7. The van der Waals surface area contributed by atoms with Gasteiger partial charge in [-0.15, -0.1) is 11.3 Å². The van der Waals surface area contributed by atoms with Crippen molar-refractivity contribution >= 4 is 45.7 Å². The quantitative estimate of drug-likeness (QED) is 0.829. The second-order valence-corrected chi connectivity index (χ2v) is 6.66. The van der Waals surface area contributed by atoms with Crippen LogP contribution < -0.4 is 10.6 Å². The standard InChI is InChI=1S/C14H15Cl2N3OS/c1-8(2)12-7-18-14(21-12)19-13(20)17-6-9-3-4-10(15)11(16)5-9/h3-5,7-8H,6H2,1-2H3,(H2,17,18,19,20). The molecule has 2 N–H and O–H groups in total. The minimum Gasteiger partial charge on any atom is -0.334 e. The lowest BCUT2D eigenvalue weighted by Gasteiger charge is -2.06. The van der Waals surface area contributed by atoms with E-state index in [1.165, 1.54) is 11.3 Å². The van der Waals surface area contributed by atoms with Crippen LogP contribution in [0.1, 0.15) is 30.2 Å². The van der Waals surface area contributed by atoms with E-state index in [0.29, 0.717) is 27.6 Å². The van der Waals surface area contributed by atoms with Crippen molar-refractivity contribution in [3.8, 4) is 0 Å². The van der Waals surface area contributed by atoms with Gasteiger partial charge in [-0.1, -0.05) is 43.1 Å². The van der Waals surface area contributed by atoms with Gasteiger partial charge in [0.15, 0.2) is 5.13 Å². The molecule has 1 heterocycles. The van der Waals surface area contributed by atoms with Crippen molar-refractivity contribution in [1.82, 2.24) is 10.3 Å². The van der Waals surface area contributed by atoms with Crippen molar-refractivity contribution in [2.24, 2.45) is 0 Å². The van der Waals surface area contributed by atoms with E-state index in [1.54, 1.807) is 18.3 Å². The summed E-state index contributed by atoms with van der Waals surface area (Å²) in [6, 6.07) is 4.94. The molecule has 0 fully saturated rings. The van der Waals surface area contributed by atoms with Gasteiger partial charge in [0.25, 0.3) is 0 Å². The third-order valence-corrected chi connectivity index (χ3v) is 4.70. The van der Waals surface area contributed by atoms with Crippen LogP contribution in [0.25, 0.3) is 0 Å². The summed E-state index contributed by atoms with van der Waals surface area (Å²) in [6.07, 6.45) is 1.78. The molecule has 2 aromatic rings. The minimum absolute atomic E-state index is 0.300. The van der Waals surface area contributed by atoms with E-state index >= 15 is 0 Å². The predicted molar refractivity (Wildman–Crippen MR) is 88.5 cm³/mol. The molecule has 2 amide bonds. The maximum absolute atomic E-state index is 11.8. The lowest BCUT2D eigenvalue weighted by molar-refractivity contribution is 0.251. The largest absolute Gasteiger partial charge is 0.334 e. The first-order valence-electron chi connectivity index (χ1n) is 6.40. The number of halogens is 2. The van der Waals surface area contributed by atoms with Crippen LogP contribution >= 0.6 is 34.5 Å². The van der Waals surface area contributed by atoms with E-state index in [0.717, 1.165) is 10.4 Å². The van der Waals surface area contributed by atoms with Gasteiger partial charge < -0.3 is 5.32 Å². The smallest absolute Gasteiger partial charge is 0.321 e. The molecule has 0 spiro atoms. The first-order valence-corrected chi connectivity index (χ1v) is 7.97. The number of hydrogen-bond acceptors (Lipinski definition) is 3. The minimum atomic E-state index is -0.300. The Morgan fingerprint density at radius 3 is 2.71 bits per heavy atom. The number of hydrogen-bond donors (Lipinski definition) is 2. The van der Waals surface area contributed by atoms with E-state index in [9.17, 15) is 4.79 Å². The van der Waals surface area contributed by atoms with E-state index in [-0.39, 0.29) is 6.03 Å². The highest BCUT2D eigenvalue weighted by Gasteiger charge is 2.08. The molecule has 0 bridgehead atoms. The van der Waals surface area contributed by atoms with Crippen molar-refractivity contribution in [2.75, 3.05) is 5.32 Å². The van der Waals surface area contributed by atoms with E-state index in [4.69, 9.17) is 23.2 Å². The van der Waals surface area contributed by atoms with Gasteiger partial charge in [-0.05, 0) is 23.6 Å². The molecule has 2 rings (SSSR count).